The molecule has 0 aliphatic carbocycles. The van der Waals surface area contributed by atoms with Crippen LogP contribution >= 0.6 is 0 Å². The Morgan fingerprint density at radius 3 is 2.48 bits per heavy atom. The molecule has 4 aromatic rings. The van der Waals surface area contributed by atoms with Crippen LogP contribution in [0.3, 0.4) is 0 Å². The van der Waals surface area contributed by atoms with E-state index < -0.39 is 6.36 Å². The first-order chi connectivity index (χ1) is 13.9. The monoisotopic (exact) mass is 401 g/mol. The third-order valence-electron chi connectivity index (χ3n) is 4.05. The van der Waals surface area contributed by atoms with Crippen molar-refractivity contribution in [2.45, 2.75) is 19.8 Å². The van der Waals surface area contributed by atoms with Gasteiger partial charge in [-0.15, -0.1) is 13.2 Å². The standard InChI is InChI=1S/C19H14F3N5O2/c1-12-10-16(25-27(12)11-13-6-8-23-9-7-13)18-24-17(26-29-18)14-2-4-15(5-3-14)28-19(20,21)22/h2-10H,11H2,1H3. The maximum Gasteiger partial charge on any atom is 0.573 e. The zero-order valence-electron chi connectivity index (χ0n) is 15.1. The van der Waals surface area contributed by atoms with Crippen molar-refractivity contribution in [3.63, 3.8) is 0 Å². The summed E-state index contributed by atoms with van der Waals surface area (Å²) in [6.45, 7) is 2.48. The molecule has 0 aliphatic heterocycles. The van der Waals surface area contributed by atoms with Gasteiger partial charge in [-0.1, -0.05) is 5.16 Å². The maximum absolute atomic E-state index is 12.3. The van der Waals surface area contributed by atoms with Gasteiger partial charge in [0.2, 0.25) is 5.82 Å². The van der Waals surface area contributed by atoms with Gasteiger partial charge in [0.15, 0.2) is 5.69 Å². The first-order valence-electron chi connectivity index (χ1n) is 8.51. The third kappa shape index (κ3) is 4.42. The van der Waals surface area contributed by atoms with Crippen LogP contribution in [-0.4, -0.2) is 31.3 Å². The fourth-order valence-corrected chi connectivity index (χ4v) is 2.69. The largest absolute Gasteiger partial charge is 0.573 e. The second-order valence-corrected chi connectivity index (χ2v) is 6.18. The van der Waals surface area contributed by atoms with Gasteiger partial charge in [-0.3, -0.25) is 9.67 Å². The highest BCUT2D eigenvalue weighted by atomic mass is 19.4. The zero-order chi connectivity index (χ0) is 20.4. The van der Waals surface area contributed by atoms with E-state index in [0.29, 0.717) is 17.8 Å². The van der Waals surface area contributed by atoms with Gasteiger partial charge >= 0.3 is 6.36 Å². The summed E-state index contributed by atoms with van der Waals surface area (Å²) in [5.74, 6) is 0.127. The normalized spacial score (nSPS) is 11.6. The van der Waals surface area contributed by atoms with Crippen LogP contribution in [0.15, 0.2) is 59.4 Å². The van der Waals surface area contributed by atoms with Gasteiger partial charge in [-0.05, 0) is 55.0 Å². The van der Waals surface area contributed by atoms with Gasteiger partial charge in [0.25, 0.3) is 5.89 Å². The number of aromatic nitrogens is 5. The number of ether oxygens (including phenoxy) is 1. The highest BCUT2D eigenvalue weighted by molar-refractivity contribution is 5.58. The van der Waals surface area contributed by atoms with Crippen molar-refractivity contribution in [2.24, 2.45) is 0 Å². The molecule has 0 N–H and O–H groups in total. The lowest BCUT2D eigenvalue weighted by Crippen LogP contribution is -2.16. The van der Waals surface area contributed by atoms with E-state index in [4.69, 9.17) is 4.52 Å². The number of rotatable bonds is 5. The topological polar surface area (TPSA) is 78.9 Å². The van der Waals surface area contributed by atoms with Crippen LogP contribution < -0.4 is 4.74 Å². The molecule has 3 aromatic heterocycles. The van der Waals surface area contributed by atoms with E-state index in [9.17, 15) is 13.2 Å². The Morgan fingerprint density at radius 1 is 1.07 bits per heavy atom. The second kappa shape index (κ2) is 7.38. The lowest BCUT2D eigenvalue weighted by atomic mass is 10.2. The molecule has 1 aromatic carbocycles. The summed E-state index contributed by atoms with van der Waals surface area (Å²) >= 11 is 0. The minimum atomic E-state index is -4.74. The van der Waals surface area contributed by atoms with E-state index in [1.165, 1.54) is 24.3 Å². The minimum Gasteiger partial charge on any atom is -0.406 e. The molecule has 0 fully saturated rings. The predicted octanol–water partition coefficient (Wildman–Crippen LogP) is 4.25. The lowest BCUT2D eigenvalue weighted by molar-refractivity contribution is -0.274. The molecule has 148 valence electrons. The van der Waals surface area contributed by atoms with E-state index in [2.05, 4.69) is 25.0 Å². The molecule has 0 radical (unpaired) electrons. The van der Waals surface area contributed by atoms with Crippen molar-refractivity contribution >= 4 is 0 Å². The average Bonchev–Trinajstić information content (AvgIpc) is 3.30. The summed E-state index contributed by atoms with van der Waals surface area (Å²) in [5, 5.41) is 8.38. The average molecular weight is 401 g/mol. The molecule has 10 heteroatoms. The highest BCUT2D eigenvalue weighted by Gasteiger charge is 2.31. The van der Waals surface area contributed by atoms with Crippen molar-refractivity contribution < 1.29 is 22.4 Å². The van der Waals surface area contributed by atoms with Crippen molar-refractivity contribution in [3.8, 4) is 28.7 Å². The number of pyridine rings is 1. The van der Waals surface area contributed by atoms with Crippen LogP contribution in [0.1, 0.15) is 11.3 Å². The van der Waals surface area contributed by atoms with E-state index >= 15 is 0 Å². The first kappa shape index (κ1) is 18.7. The molecule has 7 nitrogen and oxygen atoms in total. The third-order valence-corrected chi connectivity index (χ3v) is 4.05. The lowest BCUT2D eigenvalue weighted by Gasteiger charge is -2.08. The van der Waals surface area contributed by atoms with Gasteiger partial charge in [-0.2, -0.15) is 10.1 Å². The number of aryl methyl sites for hydroxylation is 1. The maximum atomic E-state index is 12.3. The molecule has 0 aliphatic rings. The summed E-state index contributed by atoms with van der Waals surface area (Å²) in [7, 11) is 0. The molecule has 3 heterocycles. The molecular weight excluding hydrogens is 387 g/mol. The van der Waals surface area contributed by atoms with E-state index in [-0.39, 0.29) is 17.5 Å². The Balaban J connectivity index is 1.53. The predicted molar refractivity (Wildman–Crippen MR) is 95.7 cm³/mol. The van der Waals surface area contributed by atoms with E-state index in [1.807, 2.05) is 25.1 Å². The summed E-state index contributed by atoms with van der Waals surface area (Å²) in [6.07, 6.45) is -1.32. The van der Waals surface area contributed by atoms with Crippen LogP contribution in [-0.2, 0) is 6.54 Å². The first-order valence-corrected chi connectivity index (χ1v) is 8.51. The van der Waals surface area contributed by atoms with Gasteiger partial charge in [0.1, 0.15) is 5.75 Å². The molecular formula is C19H14F3N5O2. The summed E-state index contributed by atoms with van der Waals surface area (Å²) in [6, 6.07) is 10.8. The number of hydrogen-bond donors (Lipinski definition) is 0. The summed E-state index contributed by atoms with van der Waals surface area (Å²) < 4.78 is 47.7. The van der Waals surface area contributed by atoms with Gasteiger partial charge in [0, 0.05) is 23.7 Å². The Kier molecular flexibility index (Phi) is 4.75. The minimum absolute atomic E-state index is 0.215. The quantitative estimate of drug-likeness (QED) is 0.498. The van der Waals surface area contributed by atoms with Crippen molar-refractivity contribution in [2.75, 3.05) is 0 Å². The smallest absolute Gasteiger partial charge is 0.406 e. The van der Waals surface area contributed by atoms with Crippen LogP contribution in [0.25, 0.3) is 23.0 Å². The van der Waals surface area contributed by atoms with Crippen LogP contribution in [0.2, 0.25) is 0 Å². The SMILES string of the molecule is Cc1cc(-c2nc(-c3ccc(OC(F)(F)F)cc3)no2)nn1Cc1ccncc1. The number of alkyl halides is 3. The molecule has 0 spiro atoms. The van der Waals surface area contributed by atoms with Crippen LogP contribution in [0.5, 0.6) is 5.75 Å². The Labute approximate surface area is 162 Å². The van der Waals surface area contributed by atoms with Gasteiger partial charge in [-0.25, -0.2) is 0 Å². The van der Waals surface area contributed by atoms with Crippen molar-refractivity contribution in [3.05, 3.63) is 66.1 Å². The van der Waals surface area contributed by atoms with Crippen molar-refractivity contribution in [1.82, 2.24) is 24.9 Å². The molecule has 0 atom stereocenters. The molecule has 0 bridgehead atoms. The zero-order valence-corrected chi connectivity index (χ0v) is 15.1. The Morgan fingerprint density at radius 2 is 1.79 bits per heavy atom. The number of nitrogens with zero attached hydrogens (tertiary/aromatic N) is 5. The number of hydrogen-bond acceptors (Lipinski definition) is 6. The second-order valence-electron chi connectivity index (χ2n) is 6.18. The van der Waals surface area contributed by atoms with Crippen molar-refractivity contribution in [1.29, 1.82) is 0 Å². The fraction of sp³-hybridized carbons (Fsp3) is 0.158. The molecule has 4 rings (SSSR count). The Hall–Kier alpha value is -3.69. The van der Waals surface area contributed by atoms with Gasteiger partial charge in [0.05, 0.1) is 6.54 Å². The molecule has 0 saturated carbocycles. The summed E-state index contributed by atoms with van der Waals surface area (Å²) in [4.78, 5) is 8.28. The molecule has 0 saturated heterocycles. The Bertz CT molecular complexity index is 1110. The number of benzene rings is 1. The van der Waals surface area contributed by atoms with E-state index in [1.54, 1.807) is 17.1 Å². The number of halogens is 3. The van der Waals surface area contributed by atoms with Crippen LogP contribution in [0, 0.1) is 6.92 Å². The highest BCUT2D eigenvalue weighted by Crippen LogP contribution is 2.27. The molecule has 0 amide bonds. The fourth-order valence-electron chi connectivity index (χ4n) is 2.69. The van der Waals surface area contributed by atoms with E-state index in [0.717, 1.165) is 11.3 Å². The van der Waals surface area contributed by atoms with Crippen LogP contribution in [0.4, 0.5) is 13.2 Å². The summed E-state index contributed by atoms with van der Waals surface area (Å²) in [5.41, 5.74) is 2.95. The molecule has 29 heavy (non-hydrogen) atoms. The molecule has 0 unspecified atom stereocenters. The van der Waals surface area contributed by atoms with Gasteiger partial charge < -0.3 is 9.26 Å².